The maximum atomic E-state index is 12.6. The summed E-state index contributed by atoms with van der Waals surface area (Å²) < 4.78 is 11.7. The molecule has 2 heterocycles. The number of nitrogens with zero attached hydrogens (tertiary/aromatic N) is 1. The molecule has 2 aromatic heterocycles. The van der Waals surface area contributed by atoms with Crippen LogP contribution in [0.5, 0.6) is 5.75 Å². The molecule has 7 nitrogen and oxygen atoms in total. The fraction of sp³-hybridized carbons (Fsp3) is 0.174. The third kappa shape index (κ3) is 4.92. The van der Waals surface area contributed by atoms with Crippen molar-refractivity contribution in [1.29, 1.82) is 0 Å². The summed E-state index contributed by atoms with van der Waals surface area (Å²) in [6, 6.07) is 15.7. The van der Waals surface area contributed by atoms with E-state index < -0.39 is 0 Å². The molecule has 2 amide bonds. The van der Waals surface area contributed by atoms with Gasteiger partial charge in [-0.1, -0.05) is 18.3 Å². The summed E-state index contributed by atoms with van der Waals surface area (Å²) in [5, 5.41) is 6.06. The van der Waals surface area contributed by atoms with E-state index in [1.807, 2.05) is 13.0 Å². The van der Waals surface area contributed by atoms with Crippen molar-refractivity contribution in [2.45, 2.75) is 26.4 Å². The molecule has 0 aliphatic heterocycles. The Labute approximate surface area is 183 Å². The second-order valence-corrected chi connectivity index (χ2v) is 7.98. The molecule has 8 heteroatoms. The van der Waals surface area contributed by atoms with Crippen LogP contribution in [-0.4, -0.2) is 22.9 Å². The van der Waals surface area contributed by atoms with Gasteiger partial charge in [0.25, 0.3) is 11.8 Å². The first-order valence-electron chi connectivity index (χ1n) is 9.85. The molecular weight excluding hydrogens is 414 g/mol. The van der Waals surface area contributed by atoms with E-state index in [0.717, 1.165) is 22.4 Å². The van der Waals surface area contributed by atoms with Crippen LogP contribution in [0, 0.1) is 0 Å². The van der Waals surface area contributed by atoms with Crippen LogP contribution in [0.15, 0.2) is 65.3 Å². The van der Waals surface area contributed by atoms with Crippen molar-refractivity contribution < 1.29 is 18.7 Å². The minimum absolute atomic E-state index is 0.125. The summed E-state index contributed by atoms with van der Waals surface area (Å²) >= 11 is 1.32. The highest BCUT2D eigenvalue weighted by molar-refractivity contribution is 7.22. The number of thiazole rings is 1. The molecular formula is C23H21N3O4S. The van der Waals surface area contributed by atoms with Gasteiger partial charge in [-0.3, -0.25) is 14.9 Å². The van der Waals surface area contributed by atoms with Crippen molar-refractivity contribution in [1.82, 2.24) is 4.98 Å². The van der Waals surface area contributed by atoms with E-state index in [4.69, 9.17) is 9.15 Å². The first kappa shape index (κ1) is 20.6. The van der Waals surface area contributed by atoms with E-state index in [1.54, 1.807) is 48.5 Å². The van der Waals surface area contributed by atoms with Crippen LogP contribution in [0.3, 0.4) is 0 Å². The third-order valence-corrected chi connectivity index (χ3v) is 5.57. The maximum absolute atomic E-state index is 12.6. The normalized spacial score (nSPS) is 11.8. The molecule has 0 saturated carbocycles. The quantitative estimate of drug-likeness (QED) is 0.396. The number of carbonyl (C=O) groups excluding carboxylic acids is 2. The van der Waals surface area contributed by atoms with E-state index >= 15 is 0 Å². The Morgan fingerprint density at radius 1 is 1.10 bits per heavy atom. The second-order valence-electron chi connectivity index (χ2n) is 6.95. The van der Waals surface area contributed by atoms with Crippen LogP contribution in [0.25, 0.3) is 10.2 Å². The SMILES string of the molecule is CC[C@H](C)Oc1ccc(C(=O)Nc2ccc3nc(NC(=O)c4ccco4)sc3c2)cc1. The Morgan fingerprint density at radius 2 is 1.90 bits per heavy atom. The second kappa shape index (κ2) is 9.01. The maximum Gasteiger partial charge on any atom is 0.293 e. The molecule has 0 bridgehead atoms. The smallest absolute Gasteiger partial charge is 0.293 e. The predicted molar refractivity (Wildman–Crippen MR) is 121 cm³/mol. The van der Waals surface area contributed by atoms with Crippen molar-refractivity contribution in [3.05, 3.63) is 72.2 Å². The number of aromatic nitrogens is 1. The number of amides is 2. The third-order valence-electron chi connectivity index (χ3n) is 4.64. The van der Waals surface area contributed by atoms with Crippen molar-refractivity contribution in [3.63, 3.8) is 0 Å². The summed E-state index contributed by atoms with van der Waals surface area (Å²) in [5.74, 6) is 0.373. The van der Waals surface area contributed by atoms with Crippen LogP contribution in [0.4, 0.5) is 10.8 Å². The zero-order valence-corrected chi connectivity index (χ0v) is 17.9. The highest BCUT2D eigenvalue weighted by atomic mass is 32.1. The molecule has 0 saturated heterocycles. The molecule has 4 aromatic rings. The monoisotopic (exact) mass is 435 g/mol. The molecule has 2 N–H and O–H groups in total. The van der Waals surface area contributed by atoms with Crippen molar-refractivity contribution in [2.75, 3.05) is 10.6 Å². The van der Waals surface area contributed by atoms with E-state index in [1.165, 1.54) is 17.6 Å². The first-order chi connectivity index (χ1) is 15.0. The van der Waals surface area contributed by atoms with Crippen LogP contribution in [0.1, 0.15) is 41.2 Å². The number of furan rings is 1. The van der Waals surface area contributed by atoms with Gasteiger partial charge in [-0.05, 0) is 67.9 Å². The lowest BCUT2D eigenvalue weighted by Crippen LogP contribution is -2.12. The molecule has 4 rings (SSSR count). The van der Waals surface area contributed by atoms with Crippen LogP contribution >= 0.6 is 11.3 Å². The Hall–Kier alpha value is -3.65. The van der Waals surface area contributed by atoms with E-state index in [-0.39, 0.29) is 23.7 Å². The van der Waals surface area contributed by atoms with Gasteiger partial charge in [0.1, 0.15) is 5.75 Å². The van der Waals surface area contributed by atoms with Gasteiger partial charge in [-0.2, -0.15) is 0 Å². The largest absolute Gasteiger partial charge is 0.491 e. The summed E-state index contributed by atoms with van der Waals surface area (Å²) in [7, 11) is 0. The fourth-order valence-electron chi connectivity index (χ4n) is 2.83. The Morgan fingerprint density at radius 3 is 2.61 bits per heavy atom. The Bertz CT molecular complexity index is 1200. The number of nitrogens with one attached hydrogen (secondary N) is 2. The lowest BCUT2D eigenvalue weighted by atomic mass is 10.2. The van der Waals surface area contributed by atoms with Gasteiger partial charge in [0, 0.05) is 11.3 Å². The number of rotatable bonds is 7. The zero-order chi connectivity index (χ0) is 21.8. The van der Waals surface area contributed by atoms with Gasteiger partial charge < -0.3 is 14.5 Å². The number of benzene rings is 2. The summed E-state index contributed by atoms with van der Waals surface area (Å²) in [6.45, 7) is 4.06. The Balaban J connectivity index is 1.43. The van der Waals surface area contributed by atoms with Gasteiger partial charge in [-0.25, -0.2) is 4.98 Å². The van der Waals surface area contributed by atoms with Crippen molar-refractivity contribution in [2.24, 2.45) is 0 Å². The zero-order valence-electron chi connectivity index (χ0n) is 17.0. The fourth-order valence-corrected chi connectivity index (χ4v) is 3.73. The molecule has 158 valence electrons. The van der Waals surface area contributed by atoms with Crippen molar-refractivity contribution >= 4 is 44.2 Å². The van der Waals surface area contributed by atoms with Crippen LogP contribution in [0.2, 0.25) is 0 Å². The van der Waals surface area contributed by atoms with Gasteiger partial charge in [0.15, 0.2) is 10.9 Å². The first-order valence-corrected chi connectivity index (χ1v) is 10.7. The summed E-state index contributed by atoms with van der Waals surface area (Å²) in [6.07, 6.45) is 2.48. The van der Waals surface area contributed by atoms with Crippen LogP contribution < -0.4 is 15.4 Å². The van der Waals surface area contributed by atoms with Gasteiger partial charge in [-0.15, -0.1) is 0 Å². The van der Waals surface area contributed by atoms with Crippen molar-refractivity contribution in [3.8, 4) is 5.75 Å². The minimum Gasteiger partial charge on any atom is -0.491 e. The predicted octanol–water partition coefficient (Wildman–Crippen LogP) is 5.57. The number of hydrogen-bond acceptors (Lipinski definition) is 6. The standard InChI is InChI=1S/C23H21N3O4S/c1-3-14(2)30-17-9-6-15(7-10-17)21(27)24-16-8-11-18-20(13-16)31-23(25-18)26-22(28)19-5-4-12-29-19/h4-14H,3H2,1-2H3,(H,24,27)(H,25,26,28)/t14-/m0/s1. The van der Waals surface area contributed by atoms with Gasteiger partial charge >= 0.3 is 0 Å². The van der Waals surface area contributed by atoms with E-state index in [0.29, 0.717) is 16.4 Å². The topological polar surface area (TPSA) is 93.5 Å². The number of anilines is 2. The van der Waals surface area contributed by atoms with Gasteiger partial charge in [0.05, 0.1) is 22.6 Å². The molecule has 2 aromatic carbocycles. The molecule has 31 heavy (non-hydrogen) atoms. The van der Waals surface area contributed by atoms with E-state index in [9.17, 15) is 9.59 Å². The molecule has 0 aliphatic rings. The average molecular weight is 436 g/mol. The average Bonchev–Trinajstić information content (AvgIpc) is 3.43. The molecule has 0 radical (unpaired) electrons. The van der Waals surface area contributed by atoms with E-state index in [2.05, 4.69) is 22.5 Å². The number of carbonyl (C=O) groups is 2. The van der Waals surface area contributed by atoms with Crippen LogP contribution in [-0.2, 0) is 0 Å². The highest BCUT2D eigenvalue weighted by Gasteiger charge is 2.13. The van der Waals surface area contributed by atoms with Gasteiger partial charge in [0.2, 0.25) is 0 Å². The summed E-state index contributed by atoms with van der Waals surface area (Å²) in [5.41, 5.74) is 1.90. The lowest BCUT2D eigenvalue weighted by molar-refractivity contribution is 0.0994. The molecule has 0 aliphatic carbocycles. The molecule has 0 unspecified atom stereocenters. The number of hydrogen-bond donors (Lipinski definition) is 2. The lowest BCUT2D eigenvalue weighted by Gasteiger charge is -2.12. The number of fused-ring (bicyclic) bond motifs is 1. The minimum atomic E-state index is -0.363. The molecule has 0 fully saturated rings. The molecule has 1 atom stereocenters. The Kier molecular flexibility index (Phi) is 5.99. The number of ether oxygens (including phenoxy) is 1. The highest BCUT2D eigenvalue weighted by Crippen LogP contribution is 2.29. The molecule has 0 spiro atoms. The summed E-state index contributed by atoms with van der Waals surface area (Å²) in [4.78, 5) is 29.1.